The molecule has 0 spiro atoms. The number of benzene rings is 1. The third-order valence-electron chi connectivity index (χ3n) is 2.75. The molecule has 0 bridgehead atoms. The van der Waals surface area contributed by atoms with Crippen molar-refractivity contribution in [3.63, 3.8) is 0 Å². The molecule has 94 valence electrons. The van der Waals surface area contributed by atoms with Gasteiger partial charge in [0.15, 0.2) is 0 Å². The second kappa shape index (κ2) is 4.96. The van der Waals surface area contributed by atoms with Crippen molar-refractivity contribution in [2.24, 2.45) is 0 Å². The van der Waals surface area contributed by atoms with Crippen molar-refractivity contribution in [1.82, 2.24) is 4.98 Å². The molecule has 0 fully saturated rings. The standard InChI is InChI=1S/C14H18N4/c1-10-8-11(15)9-16-14(10)17-12-4-6-13(7-5-12)18(2)3/h4-9H,15H2,1-3H3,(H,16,17). The van der Waals surface area contributed by atoms with Crippen LogP contribution in [0.15, 0.2) is 36.5 Å². The van der Waals surface area contributed by atoms with Crippen LogP contribution in [0.25, 0.3) is 0 Å². The summed E-state index contributed by atoms with van der Waals surface area (Å²) in [5.41, 5.74) is 9.58. The van der Waals surface area contributed by atoms with Crippen molar-refractivity contribution in [3.8, 4) is 0 Å². The molecule has 0 atom stereocenters. The monoisotopic (exact) mass is 242 g/mol. The van der Waals surface area contributed by atoms with E-state index >= 15 is 0 Å². The first-order valence-electron chi connectivity index (χ1n) is 5.83. The number of nitrogens with two attached hydrogens (primary N) is 1. The second-order valence-electron chi connectivity index (χ2n) is 4.50. The molecule has 0 aliphatic carbocycles. The molecule has 2 rings (SSSR count). The van der Waals surface area contributed by atoms with Gasteiger partial charge in [0.2, 0.25) is 0 Å². The maximum Gasteiger partial charge on any atom is 0.133 e. The van der Waals surface area contributed by atoms with E-state index in [-0.39, 0.29) is 0 Å². The molecule has 0 aliphatic heterocycles. The average Bonchev–Trinajstić information content (AvgIpc) is 2.33. The predicted octanol–water partition coefficient (Wildman–Crippen LogP) is 2.78. The van der Waals surface area contributed by atoms with Gasteiger partial charge in [-0.05, 0) is 42.8 Å². The van der Waals surface area contributed by atoms with Crippen LogP contribution in [0.3, 0.4) is 0 Å². The number of pyridine rings is 1. The molecule has 0 unspecified atom stereocenters. The Hall–Kier alpha value is -2.23. The molecule has 18 heavy (non-hydrogen) atoms. The minimum absolute atomic E-state index is 0.681. The summed E-state index contributed by atoms with van der Waals surface area (Å²) in [6.07, 6.45) is 1.66. The number of nitrogens with zero attached hydrogens (tertiary/aromatic N) is 2. The van der Waals surface area contributed by atoms with Crippen molar-refractivity contribution >= 4 is 22.9 Å². The molecule has 0 saturated carbocycles. The van der Waals surface area contributed by atoms with Crippen LogP contribution in [-0.2, 0) is 0 Å². The fourth-order valence-corrected chi connectivity index (χ4v) is 1.71. The van der Waals surface area contributed by atoms with Gasteiger partial charge in [-0.3, -0.25) is 0 Å². The molecule has 4 heteroatoms. The summed E-state index contributed by atoms with van der Waals surface area (Å²) in [6, 6.07) is 10.1. The third-order valence-corrected chi connectivity index (χ3v) is 2.75. The number of anilines is 4. The van der Waals surface area contributed by atoms with Crippen molar-refractivity contribution in [2.45, 2.75) is 6.92 Å². The Balaban J connectivity index is 2.18. The van der Waals surface area contributed by atoms with Gasteiger partial charge in [-0.2, -0.15) is 0 Å². The van der Waals surface area contributed by atoms with E-state index in [1.54, 1.807) is 6.20 Å². The van der Waals surface area contributed by atoms with Gasteiger partial charge in [0.1, 0.15) is 5.82 Å². The number of hydrogen-bond acceptors (Lipinski definition) is 4. The predicted molar refractivity (Wildman–Crippen MR) is 77.4 cm³/mol. The van der Waals surface area contributed by atoms with Gasteiger partial charge in [0, 0.05) is 25.5 Å². The van der Waals surface area contributed by atoms with Crippen molar-refractivity contribution < 1.29 is 0 Å². The van der Waals surface area contributed by atoms with E-state index in [9.17, 15) is 0 Å². The van der Waals surface area contributed by atoms with Gasteiger partial charge in [-0.15, -0.1) is 0 Å². The molecular weight excluding hydrogens is 224 g/mol. The van der Waals surface area contributed by atoms with Gasteiger partial charge in [0.25, 0.3) is 0 Å². The zero-order valence-corrected chi connectivity index (χ0v) is 10.9. The molecule has 0 saturated heterocycles. The molecule has 0 amide bonds. The van der Waals surface area contributed by atoms with Crippen LogP contribution in [0, 0.1) is 6.92 Å². The molecule has 1 aromatic heterocycles. The van der Waals surface area contributed by atoms with Gasteiger partial charge in [-0.1, -0.05) is 0 Å². The first-order chi connectivity index (χ1) is 8.56. The Bertz CT molecular complexity index is 532. The molecule has 4 nitrogen and oxygen atoms in total. The van der Waals surface area contributed by atoms with Crippen LogP contribution in [0.2, 0.25) is 0 Å². The fraction of sp³-hybridized carbons (Fsp3) is 0.214. The van der Waals surface area contributed by atoms with Crippen molar-refractivity contribution in [1.29, 1.82) is 0 Å². The number of aryl methyl sites for hydroxylation is 1. The molecule has 2 aromatic rings. The van der Waals surface area contributed by atoms with Crippen LogP contribution in [0.4, 0.5) is 22.9 Å². The lowest BCUT2D eigenvalue weighted by atomic mass is 10.2. The van der Waals surface area contributed by atoms with Gasteiger partial charge in [-0.25, -0.2) is 4.98 Å². The van der Waals surface area contributed by atoms with E-state index in [1.807, 2.05) is 39.2 Å². The quantitative estimate of drug-likeness (QED) is 0.869. The zero-order valence-electron chi connectivity index (χ0n) is 10.9. The first kappa shape index (κ1) is 12.2. The Kier molecular flexibility index (Phi) is 3.37. The van der Waals surface area contributed by atoms with E-state index in [4.69, 9.17) is 5.73 Å². The summed E-state index contributed by atoms with van der Waals surface area (Å²) in [7, 11) is 4.04. The van der Waals surface area contributed by atoms with Crippen LogP contribution < -0.4 is 16.0 Å². The van der Waals surface area contributed by atoms with Gasteiger partial charge < -0.3 is 16.0 Å². The smallest absolute Gasteiger partial charge is 0.133 e. The molecule has 0 aliphatic rings. The third kappa shape index (κ3) is 2.71. The molecule has 1 heterocycles. The summed E-state index contributed by atoms with van der Waals surface area (Å²) < 4.78 is 0. The highest BCUT2D eigenvalue weighted by Crippen LogP contribution is 2.21. The fourth-order valence-electron chi connectivity index (χ4n) is 1.71. The number of nitrogens with one attached hydrogen (secondary N) is 1. The summed E-state index contributed by atoms with van der Waals surface area (Å²) in [5, 5.41) is 3.28. The van der Waals surface area contributed by atoms with Crippen LogP contribution >= 0.6 is 0 Å². The molecule has 0 radical (unpaired) electrons. The molecular formula is C14H18N4. The maximum absolute atomic E-state index is 5.68. The van der Waals surface area contributed by atoms with Crippen molar-refractivity contribution in [2.75, 3.05) is 30.0 Å². The highest BCUT2D eigenvalue weighted by atomic mass is 15.1. The van der Waals surface area contributed by atoms with E-state index in [2.05, 4.69) is 27.3 Å². The largest absolute Gasteiger partial charge is 0.397 e. The lowest BCUT2D eigenvalue weighted by molar-refractivity contribution is 1.13. The highest BCUT2D eigenvalue weighted by Gasteiger charge is 2.01. The average molecular weight is 242 g/mol. The Morgan fingerprint density at radius 3 is 2.39 bits per heavy atom. The summed E-state index contributed by atoms with van der Waals surface area (Å²) in [5.74, 6) is 0.835. The summed E-state index contributed by atoms with van der Waals surface area (Å²) in [6.45, 7) is 1.99. The molecule has 1 aromatic carbocycles. The Labute approximate surface area is 107 Å². The lowest BCUT2D eigenvalue weighted by Gasteiger charge is -2.14. The molecule has 3 N–H and O–H groups in total. The zero-order chi connectivity index (χ0) is 13.1. The lowest BCUT2D eigenvalue weighted by Crippen LogP contribution is -2.08. The SMILES string of the molecule is Cc1cc(N)cnc1Nc1ccc(N(C)C)cc1. The topological polar surface area (TPSA) is 54.2 Å². The normalized spacial score (nSPS) is 10.2. The van der Waals surface area contributed by atoms with Crippen molar-refractivity contribution in [3.05, 3.63) is 42.1 Å². The van der Waals surface area contributed by atoms with E-state index in [1.165, 1.54) is 5.69 Å². The van der Waals surface area contributed by atoms with E-state index in [0.29, 0.717) is 5.69 Å². The number of rotatable bonds is 3. The summed E-state index contributed by atoms with van der Waals surface area (Å²) in [4.78, 5) is 6.35. The van der Waals surface area contributed by atoms with E-state index < -0.39 is 0 Å². The highest BCUT2D eigenvalue weighted by molar-refractivity contribution is 5.63. The minimum atomic E-state index is 0.681. The summed E-state index contributed by atoms with van der Waals surface area (Å²) >= 11 is 0. The van der Waals surface area contributed by atoms with Crippen LogP contribution in [0.5, 0.6) is 0 Å². The first-order valence-corrected chi connectivity index (χ1v) is 5.83. The minimum Gasteiger partial charge on any atom is -0.397 e. The Morgan fingerprint density at radius 2 is 1.83 bits per heavy atom. The van der Waals surface area contributed by atoms with Crippen LogP contribution in [0.1, 0.15) is 5.56 Å². The van der Waals surface area contributed by atoms with E-state index in [0.717, 1.165) is 17.1 Å². The number of nitrogen functional groups attached to an aromatic ring is 1. The van der Waals surface area contributed by atoms with Gasteiger partial charge in [0.05, 0.1) is 11.9 Å². The maximum atomic E-state index is 5.68. The number of hydrogen-bond donors (Lipinski definition) is 2. The number of aromatic nitrogens is 1. The second-order valence-corrected chi connectivity index (χ2v) is 4.50. The van der Waals surface area contributed by atoms with Gasteiger partial charge >= 0.3 is 0 Å². The van der Waals surface area contributed by atoms with Crippen LogP contribution in [-0.4, -0.2) is 19.1 Å². The Morgan fingerprint density at radius 1 is 1.17 bits per heavy atom.